The summed E-state index contributed by atoms with van der Waals surface area (Å²) in [6, 6.07) is 16.6. The fraction of sp³-hybridized carbons (Fsp3) is 0.433. The molecule has 6 nitrogen and oxygen atoms in total. The zero-order chi connectivity index (χ0) is 26.9. The van der Waals surface area contributed by atoms with Crippen molar-refractivity contribution in [3.05, 3.63) is 76.5 Å². The monoisotopic (exact) mass is 518 g/mol. The van der Waals surface area contributed by atoms with Crippen LogP contribution in [0.2, 0.25) is 0 Å². The molecule has 0 bridgehead atoms. The van der Waals surface area contributed by atoms with Gasteiger partial charge >= 0.3 is 0 Å². The second-order valence-corrected chi connectivity index (χ2v) is 12.1. The molecule has 4 rings (SSSR count). The topological polar surface area (TPSA) is 67.2 Å². The average Bonchev–Trinajstić information content (AvgIpc) is 3.17. The van der Waals surface area contributed by atoms with Crippen molar-refractivity contribution in [2.45, 2.75) is 71.6 Å². The zero-order valence-electron chi connectivity index (χ0n) is 23.0. The van der Waals surface area contributed by atoms with Crippen LogP contribution in [-0.4, -0.2) is 39.9 Å². The molecule has 1 aliphatic rings. The predicted molar refractivity (Wildman–Crippen MR) is 153 cm³/mol. The van der Waals surface area contributed by atoms with Crippen LogP contribution < -0.4 is 10.2 Å². The van der Waals surface area contributed by atoms with E-state index in [2.05, 4.69) is 57.3 Å². The summed E-state index contributed by atoms with van der Waals surface area (Å²) in [5.74, 6) is 0.715. The summed E-state index contributed by atoms with van der Waals surface area (Å²) < 4.78 is 1.87. The lowest BCUT2D eigenvalue weighted by Crippen LogP contribution is -2.44. The summed E-state index contributed by atoms with van der Waals surface area (Å²) in [7, 11) is 0. The fourth-order valence-corrected chi connectivity index (χ4v) is 5.79. The van der Waals surface area contributed by atoms with Crippen LogP contribution in [0.3, 0.4) is 0 Å². The molecule has 0 radical (unpaired) electrons. The minimum absolute atomic E-state index is 0.0376. The molecule has 1 N–H and O–H groups in total. The minimum Gasteiger partial charge on any atom is -0.352 e. The number of carbonyl (C=O) groups excluding carboxylic acids is 2. The first kappa shape index (κ1) is 27.0. The Kier molecular flexibility index (Phi) is 7.83. The summed E-state index contributed by atoms with van der Waals surface area (Å²) in [4.78, 5) is 28.4. The van der Waals surface area contributed by atoms with E-state index in [0.29, 0.717) is 5.82 Å². The Balaban J connectivity index is 1.98. The molecule has 2 aromatic carbocycles. The Bertz CT molecular complexity index is 1290. The third-order valence-corrected chi connectivity index (χ3v) is 8.00. The summed E-state index contributed by atoms with van der Waals surface area (Å²) in [5.41, 5.74) is 5.98. The normalized spacial score (nSPS) is 16.8. The van der Waals surface area contributed by atoms with Gasteiger partial charge in [0.15, 0.2) is 0 Å². The van der Waals surface area contributed by atoms with Gasteiger partial charge < -0.3 is 5.32 Å². The van der Waals surface area contributed by atoms with E-state index >= 15 is 0 Å². The Morgan fingerprint density at radius 2 is 1.84 bits per heavy atom. The largest absolute Gasteiger partial charge is 0.352 e. The van der Waals surface area contributed by atoms with Gasteiger partial charge in [0.05, 0.1) is 22.4 Å². The molecule has 37 heavy (non-hydrogen) atoms. The van der Waals surface area contributed by atoms with E-state index in [9.17, 15) is 9.59 Å². The first-order valence-electron chi connectivity index (χ1n) is 13.0. The number of rotatable bonds is 6. The average molecular weight is 519 g/mol. The van der Waals surface area contributed by atoms with Crippen molar-refractivity contribution in [2.75, 3.05) is 17.2 Å². The third kappa shape index (κ3) is 5.77. The lowest BCUT2D eigenvalue weighted by atomic mass is 9.87. The molecule has 7 heteroatoms. The summed E-state index contributed by atoms with van der Waals surface area (Å²) >= 11 is 1.61. The van der Waals surface area contributed by atoms with Gasteiger partial charge in [-0.1, -0.05) is 75.2 Å². The van der Waals surface area contributed by atoms with Crippen molar-refractivity contribution < 1.29 is 9.59 Å². The number of thioether (sulfide) groups is 1. The van der Waals surface area contributed by atoms with Crippen molar-refractivity contribution >= 4 is 29.4 Å². The number of carbonyl (C=O) groups is 2. The molecule has 1 aromatic heterocycles. The molecule has 2 heterocycles. The Labute approximate surface area is 224 Å². The van der Waals surface area contributed by atoms with Gasteiger partial charge in [-0.3, -0.25) is 14.5 Å². The van der Waals surface area contributed by atoms with E-state index in [-0.39, 0.29) is 40.8 Å². The molecule has 2 unspecified atom stereocenters. The van der Waals surface area contributed by atoms with Crippen LogP contribution >= 0.6 is 11.8 Å². The van der Waals surface area contributed by atoms with Gasteiger partial charge in [-0.2, -0.15) is 5.10 Å². The van der Waals surface area contributed by atoms with Gasteiger partial charge in [-0.15, -0.1) is 11.8 Å². The zero-order valence-corrected chi connectivity index (χ0v) is 23.8. The minimum atomic E-state index is -0.277. The number of benzene rings is 2. The number of aryl methyl sites for hydroxylation is 2. The van der Waals surface area contributed by atoms with E-state index in [1.807, 2.05) is 49.7 Å². The number of aromatic nitrogens is 2. The smallest absolute Gasteiger partial charge is 0.240 e. The van der Waals surface area contributed by atoms with Gasteiger partial charge in [0.2, 0.25) is 11.8 Å². The molecular formula is C30H38N4O2S. The maximum absolute atomic E-state index is 13.7. The van der Waals surface area contributed by atoms with Gasteiger partial charge in [0.1, 0.15) is 12.4 Å². The third-order valence-electron chi connectivity index (χ3n) is 6.74. The molecule has 0 aliphatic carbocycles. The Morgan fingerprint density at radius 3 is 2.46 bits per heavy atom. The maximum Gasteiger partial charge on any atom is 0.240 e. The van der Waals surface area contributed by atoms with Gasteiger partial charge in [0, 0.05) is 17.0 Å². The highest BCUT2D eigenvalue weighted by Gasteiger charge is 2.40. The van der Waals surface area contributed by atoms with E-state index in [4.69, 9.17) is 5.10 Å². The number of nitrogens with one attached hydrogen (secondary N) is 1. The van der Waals surface area contributed by atoms with Gasteiger partial charge in [0.25, 0.3) is 0 Å². The Morgan fingerprint density at radius 1 is 1.14 bits per heavy atom. The molecule has 2 atom stereocenters. The molecule has 0 spiro atoms. The van der Waals surface area contributed by atoms with Crippen molar-refractivity contribution in [3.8, 4) is 5.69 Å². The Hall–Kier alpha value is -3.06. The number of anilines is 1. The molecule has 196 valence electrons. The van der Waals surface area contributed by atoms with Crippen molar-refractivity contribution in [1.29, 1.82) is 0 Å². The van der Waals surface area contributed by atoms with Gasteiger partial charge in [-0.25, -0.2) is 4.68 Å². The van der Waals surface area contributed by atoms with Crippen LogP contribution in [0.1, 0.15) is 74.2 Å². The molecule has 0 saturated carbocycles. The highest BCUT2D eigenvalue weighted by molar-refractivity contribution is 8.00. The molecule has 0 fully saturated rings. The van der Waals surface area contributed by atoms with Crippen LogP contribution in [0, 0.1) is 13.8 Å². The predicted octanol–water partition coefficient (Wildman–Crippen LogP) is 5.87. The van der Waals surface area contributed by atoms with Gasteiger partial charge in [-0.05, 0) is 44.9 Å². The quantitative estimate of drug-likeness (QED) is 0.443. The van der Waals surface area contributed by atoms with Crippen molar-refractivity contribution in [1.82, 2.24) is 15.1 Å². The van der Waals surface area contributed by atoms with Crippen LogP contribution in [0.5, 0.6) is 0 Å². The second kappa shape index (κ2) is 10.7. The summed E-state index contributed by atoms with van der Waals surface area (Å²) in [6.07, 6.45) is 0.825. The molecule has 2 amide bonds. The van der Waals surface area contributed by atoms with E-state index in [1.54, 1.807) is 16.7 Å². The van der Waals surface area contributed by atoms with Crippen LogP contribution in [-0.2, 0) is 15.0 Å². The maximum atomic E-state index is 13.7. The number of nitrogens with zero attached hydrogens (tertiary/aromatic N) is 3. The van der Waals surface area contributed by atoms with Crippen molar-refractivity contribution in [3.63, 3.8) is 0 Å². The lowest BCUT2D eigenvalue weighted by molar-refractivity contribution is -0.123. The molecule has 0 saturated heterocycles. The summed E-state index contributed by atoms with van der Waals surface area (Å²) in [5, 5.41) is 8.10. The van der Waals surface area contributed by atoms with Crippen LogP contribution in [0.25, 0.3) is 5.69 Å². The second-order valence-electron chi connectivity index (χ2n) is 11.0. The van der Waals surface area contributed by atoms with Crippen LogP contribution in [0.4, 0.5) is 5.82 Å². The fourth-order valence-electron chi connectivity index (χ4n) is 4.60. The van der Waals surface area contributed by atoms with E-state index < -0.39 is 0 Å². The number of fused-ring (bicyclic) bond motifs is 1. The van der Waals surface area contributed by atoms with Crippen LogP contribution in [0.15, 0.2) is 48.5 Å². The first-order valence-corrected chi connectivity index (χ1v) is 14.0. The first-order chi connectivity index (χ1) is 17.5. The van der Waals surface area contributed by atoms with E-state index in [1.165, 1.54) is 5.56 Å². The molecule has 1 aliphatic heterocycles. The molecule has 3 aromatic rings. The van der Waals surface area contributed by atoms with E-state index in [0.717, 1.165) is 34.5 Å². The lowest BCUT2D eigenvalue weighted by Gasteiger charge is -2.25. The number of hydrogen-bond acceptors (Lipinski definition) is 4. The van der Waals surface area contributed by atoms with Crippen molar-refractivity contribution in [2.24, 2.45) is 0 Å². The summed E-state index contributed by atoms with van der Waals surface area (Å²) in [6.45, 7) is 14.6. The standard InChI is InChI=1S/C30H38N4O2S/c1-8-21(4)31-24(35)17-33-25(36)18-37-27(22-11-9-10-20(3)16-22)26-28(30(5,6)7)32-34(29(26)33)23-14-12-19(2)13-15-23/h9-16,21,27H,8,17-18H2,1-7H3,(H,31,35). The number of hydrogen-bond donors (Lipinski definition) is 1. The highest BCUT2D eigenvalue weighted by atomic mass is 32.2. The molecular weight excluding hydrogens is 480 g/mol. The number of amides is 2. The SMILES string of the molecule is CCC(C)NC(=O)CN1C(=O)CSC(c2cccc(C)c2)c2c(C(C)(C)C)nn(-c3ccc(C)cc3)c21. The highest BCUT2D eigenvalue weighted by Crippen LogP contribution is 2.48.